The zero-order valence-electron chi connectivity index (χ0n) is 17.2. The van der Waals surface area contributed by atoms with Gasteiger partial charge in [0, 0.05) is 21.9 Å². The lowest BCUT2D eigenvalue weighted by Gasteiger charge is -2.28. The van der Waals surface area contributed by atoms with Gasteiger partial charge < -0.3 is 10.2 Å². The maximum absolute atomic E-state index is 11.5. The van der Waals surface area contributed by atoms with E-state index in [9.17, 15) is 10.2 Å². The number of hydrogen-bond acceptors (Lipinski definition) is 2. The molecule has 2 N–H and O–H groups in total. The van der Waals surface area contributed by atoms with Crippen molar-refractivity contribution in [2.24, 2.45) is 0 Å². The van der Waals surface area contributed by atoms with Crippen LogP contribution in [0.25, 0.3) is 32.7 Å². The van der Waals surface area contributed by atoms with E-state index in [2.05, 4.69) is 24.3 Å². The standard InChI is InChI=1S/C28H26O2/c29-27-23-15-7-3-11-19(23)17-9-1-5-13-21(17)25(27)26-22-14-6-2-10-18(22)20-12-4-8-16-24(20)28(26)30/h3-4,7-8,11-12,15-16,29-30H,1-2,5-6,9-10,13-14H2. The summed E-state index contributed by atoms with van der Waals surface area (Å²) in [5, 5.41) is 27.2. The maximum Gasteiger partial charge on any atom is 0.131 e. The molecule has 4 aromatic rings. The molecule has 0 fully saturated rings. The number of phenolic OH excluding ortho intramolecular Hbond substituents is 2. The minimum atomic E-state index is 0.338. The summed E-state index contributed by atoms with van der Waals surface area (Å²) in [5.74, 6) is 0.675. The summed E-state index contributed by atoms with van der Waals surface area (Å²) >= 11 is 0. The van der Waals surface area contributed by atoms with E-state index in [1.807, 2.05) is 24.3 Å². The molecule has 2 aliphatic carbocycles. The molecular formula is C28H26O2. The Morgan fingerprint density at radius 3 is 1.17 bits per heavy atom. The molecule has 2 nitrogen and oxygen atoms in total. The van der Waals surface area contributed by atoms with Gasteiger partial charge in [-0.3, -0.25) is 0 Å². The molecule has 0 bridgehead atoms. The second kappa shape index (κ2) is 6.77. The first-order valence-electron chi connectivity index (χ1n) is 11.3. The van der Waals surface area contributed by atoms with Crippen LogP contribution in [0, 0.1) is 0 Å². The Bertz CT molecular complexity index is 1210. The number of fused-ring (bicyclic) bond motifs is 6. The van der Waals surface area contributed by atoms with Crippen LogP contribution in [-0.2, 0) is 25.7 Å². The molecule has 0 saturated carbocycles. The molecule has 30 heavy (non-hydrogen) atoms. The van der Waals surface area contributed by atoms with Crippen LogP contribution in [0.1, 0.15) is 47.9 Å². The maximum atomic E-state index is 11.5. The highest BCUT2D eigenvalue weighted by Crippen LogP contribution is 2.51. The predicted octanol–water partition coefficient (Wildman–Crippen LogP) is 6.83. The fourth-order valence-corrected chi connectivity index (χ4v) is 5.96. The highest BCUT2D eigenvalue weighted by molar-refractivity contribution is 6.05. The van der Waals surface area contributed by atoms with Crippen molar-refractivity contribution in [1.82, 2.24) is 0 Å². The van der Waals surface area contributed by atoms with Gasteiger partial charge in [-0.05, 0) is 84.4 Å². The summed E-state index contributed by atoms with van der Waals surface area (Å²) in [4.78, 5) is 0. The number of hydrogen-bond donors (Lipinski definition) is 2. The van der Waals surface area contributed by atoms with Crippen molar-refractivity contribution in [2.45, 2.75) is 51.4 Å². The average molecular weight is 395 g/mol. The van der Waals surface area contributed by atoms with Gasteiger partial charge in [0.1, 0.15) is 11.5 Å². The summed E-state index contributed by atoms with van der Waals surface area (Å²) in [6, 6.07) is 16.4. The smallest absolute Gasteiger partial charge is 0.131 e. The second-order valence-corrected chi connectivity index (χ2v) is 8.87. The van der Waals surface area contributed by atoms with Gasteiger partial charge in [-0.1, -0.05) is 48.5 Å². The summed E-state index contributed by atoms with van der Waals surface area (Å²) in [6.07, 6.45) is 8.64. The topological polar surface area (TPSA) is 40.5 Å². The van der Waals surface area contributed by atoms with Gasteiger partial charge >= 0.3 is 0 Å². The number of phenols is 2. The third-order valence-corrected chi connectivity index (χ3v) is 7.28. The molecular weight excluding hydrogens is 368 g/mol. The number of aryl methyl sites for hydroxylation is 2. The van der Waals surface area contributed by atoms with Gasteiger partial charge in [-0.2, -0.15) is 0 Å². The fourth-order valence-electron chi connectivity index (χ4n) is 5.96. The third kappa shape index (κ3) is 2.43. The number of aromatic hydroxyl groups is 2. The Morgan fingerprint density at radius 1 is 0.433 bits per heavy atom. The third-order valence-electron chi connectivity index (χ3n) is 7.28. The average Bonchev–Trinajstić information content (AvgIpc) is 2.81. The van der Waals surface area contributed by atoms with Gasteiger partial charge in [0.15, 0.2) is 0 Å². The van der Waals surface area contributed by atoms with Crippen molar-refractivity contribution in [2.75, 3.05) is 0 Å². The van der Waals surface area contributed by atoms with Crippen LogP contribution in [0.5, 0.6) is 11.5 Å². The largest absolute Gasteiger partial charge is 0.507 e. The van der Waals surface area contributed by atoms with Crippen LogP contribution in [0.3, 0.4) is 0 Å². The molecule has 0 atom stereocenters. The zero-order chi connectivity index (χ0) is 20.2. The van der Waals surface area contributed by atoms with E-state index in [0.717, 1.165) is 60.4 Å². The summed E-state index contributed by atoms with van der Waals surface area (Å²) < 4.78 is 0. The van der Waals surface area contributed by atoms with E-state index in [1.54, 1.807) is 0 Å². The molecule has 0 amide bonds. The lowest BCUT2D eigenvalue weighted by Crippen LogP contribution is -2.10. The Morgan fingerprint density at radius 2 is 0.767 bits per heavy atom. The summed E-state index contributed by atoms with van der Waals surface area (Å²) in [5.41, 5.74) is 7.00. The van der Waals surface area contributed by atoms with Crippen molar-refractivity contribution >= 4 is 21.5 Å². The molecule has 2 aliphatic rings. The Labute approximate surface area is 176 Å². The lowest BCUT2D eigenvalue weighted by molar-refractivity contribution is 0.473. The van der Waals surface area contributed by atoms with E-state index in [-0.39, 0.29) is 0 Å². The molecule has 150 valence electrons. The molecule has 2 heteroatoms. The Hall–Kier alpha value is -3.00. The molecule has 0 spiro atoms. The van der Waals surface area contributed by atoms with Crippen LogP contribution in [0.4, 0.5) is 0 Å². The molecule has 0 aliphatic heterocycles. The second-order valence-electron chi connectivity index (χ2n) is 8.87. The molecule has 0 radical (unpaired) electrons. The predicted molar refractivity (Wildman–Crippen MR) is 124 cm³/mol. The van der Waals surface area contributed by atoms with Crippen molar-refractivity contribution in [3.8, 4) is 22.6 Å². The lowest BCUT2D eigenvalue weighted by atomic mass is 9.77. The Kier molecular flexibility index (Phi) is 4.02. The van der Waals surface area contributed by atoms with E-state index in [0.29, 0.717) is 11.5 Å². The van der Waals surface area contributed by atoms with Crippen LogP contribution in [0.2, 0.25) is 0 Å². The van der Waals surface area contributed by atoms with Gasteiger partial charge in [0.25, 0.3) is 0 Å². The van der Waals surface area contributed by atoms with Crippen LogP contribution in [0.15, 0.2) is 48.5 Å². The molecule has 0 heterocycles. The molecule has 0 unspecified atom stereocenters. The van der Waals surface area contributed by atoms with Crippen molar-refractivity contribution < 1.29 is 10.2 Å². The highest BCUT2D eigenvalue weighted by atomic mass is 16.3. The van der Waals surface area contributed by atoms with Gasteiger partial charge in [0.05, 0.1) is 0 Å². The Balaban J connectivity index is 1.80. The van der Waals surface area contributed by atoms with Gasteiger partial charge in [-0.25, -0.2) is 0 Å². The van der Waals surface area contributed by atoms with Crippen molar-refractivity contribution in [3.63, 3.8) is 0 Å². The van der Waals surface area contributed by atoms with Crippen molar-refractivity contribution in [3.05, 3.63) is 70.8 Å². The normalized spacial score (nSPS) is 15.9. The van der Waals surface area contributed by atoms with E-state index >= 15 is 0 Å². The minimum absolute atomic E-state index is 0.338. The quantitative estimate of drug-likeness (QED) is 0.371. The fraction of sp³-hybridized carbons (Fsp3) is 0.286. The zero-order valence-corrected chi connectivity index (χ0v) is 17.2. The summed E-state index contributed by atoms with van der Waals surface area (Å²) in [7, 11) is 0. The van der Waals surface area contributed by atoms with Gasteiger partial charge in [-0.15, -0.1) is 0 Å². The first-order valence-corrected chi connectivity index (χ1v) is 11.3. The van der Waals surface area contributed by atoms with E-state index in [1.165, 1.54) is 45.9 Å². The first-order chi connectivity index (χ1) is 14.8. The first kappa shape index (κ1) is 17.8. The van der Waals surface area contributed by atoms with Crippen molar-refractivity contribution in [1.29, 1.82) is 0 Å². The molecule has 6 rings (SSSR count). The van der Waals surface area contributed by atoms with E-state index in [4.69, 9.17) is 0 Å². The monoisotopic (exact) mass is 394 g/mol. The van der Waals surface area contributed by atoms with Gasteiger partial charge in [0.2, 0.25) is 0 Å². The minimum Gasteiger partial charge on any atom is -0.507 e. The number of rotatable bonds is 1. The molecule has 4 aromatic carbocycles. The van der Waals surface area contributed by atoms with Crippen LogP contribution in [-0.4, -0.2) is 10.2 Å². The SMILES string of the molecule is Oc1c(-c2c3c(c4ccccc4c2O)CCCC3)c2c(c3ccccc13)CCCC2. The molecule has 0 aromatic heterocycles. The van der Waals surface area contributed by atoms with E-state index < -0.39 is 0 Å². The molecule has 0 saturated heterocycles. The van der Waals surface area contributed by atoms with Crippen LogP contribution < -0.4 is 0 Å². The van der Waals surface area contributed by atoms with Crippen LogP contribution >= 0.6 is 0 Å². The highest BCUT2D eigenvalue weighted by Gasteiger charge is 2.29. The summed E-state index contributed by atoms with van der Waals surface area (Å²) in [6.45, 7) is 0. The number of benzene rings is 4.